The van der Waals surface area contributed by atoms with Crippen molar-refractivity contribution in [2.24, 2.45) is 0 Å². The fraction of sp³-hybridized carbons (Fsp3) is 0.316. The zero-order chi connectivity index (χ0) is 18.1. The molecular weight excluding hydrogens is 387 g/mol. The number of nitrogens with zero attached hydrogens (tertiary/aromatic N) is 2. The lowest BCUT2D eigenvalue weighted by Gasteiger charge is -2.28. The van der Waals surface area contributed by atoms with Gasteiger partial charge in [0.2, 0.25) is 5.88 Å². The van der Waals surface area contributed by atoms with Crippen LogP contribution in [0, 0.1) is 0 Å². The number of amides is 1. The summed E-state index contributed by atoms with van der Waals surface area (Å²) in [5, 5.41) is 12.5. The minimum atomic E-state index is -0.272. The molecule has 0 radical (unpaired) electrons. The number of carbonyl (C=O) groups excluding carboxylic acids is 1. The molecule has 1 aliphatic rings. The molecule has 27 heavy (non-hydrogen) atoms. The molecule has 0 unspecified atom stereocenters. The first-order valence-electron chi connectivity index (χ1n) is 8.70. The number of hydrogen-bond donors (Lipinski definition) is 3. The van der Waals surface area contributed by atoms with Crippen molar-refractivity contribution in [1.29, 1.82) is 0 Å². The highest BCUT2D eigenvalue weighted by atomic mass is 35.5. The maximum absolute atomic E-state index is 12.4. The molecule has 3 aromatic rings. The summed E-state index contributed by atoms with van der Waals surface area (Å²) in [6, 6.07) is 9.49. The number of rotatable bonds is 3. The van der Waals surface area contributed by atoms with Crippen LogP contribution in [0.2, 0.25) is 5.02 Å². The number of aromatic amines is 1. The summed E-state index contributed by atoms with van der Waals surface area (Å²) in [6.07, 6.45) is 5.18. The number of halogens is 2. The highest BCUT2D eigenvalue weighted by Gasteiger charge is 2.27. The van der Waals surface area contributed by atoms with Crippen molar-refractivity contribution >= 4 is 40.9 Å². The topological polar surface area (TPSA) is 90.9 Å². The monoisotopic (exact) mass is 406 g/mol. The van der Waals surface area contributed by atoms with Gasteiger partial charge in [-0.25, -0.2) is 9.97 Å². The van der Waals surface area contributed by atoms with E-state index < -0.39 is 0 Å². The summed E-state index contributed by atoms with van der Waals surface area (Å²) >= 11 is 5.84. The molecule has 0 saturated heterocycles. The quantitative estimate of drug-likeness (QED) is 0.607. The van der Waals surface area contributed by atoms with Gasteiger partial charge in [0.15, 0.2) is 0 Å². The third-order valence-corrected chi connectivity index (χ3v) is 5.17. The van der Waals surface area contributed by atoms with Crippen molar-refractivity contribution in [1.82, 2.24) is 20.3 Å². The summed E-state index contributed by atoms with van der Waals surface area (Å²) < 4.78 is 0. The van der Waals surface area contributed by atoms with E-state index in [4.69, 9.17) is 16.6 Å². The molecule has 3 N–H and O–H groups in total. The van der Waals surface area contributed by atoms with Crippen LogP contribution in [0.1, 0.15) is 47.8 Å². The molecule has 1 fully saturated rings. The highest BCUT2D eigenvalue weighted by molar-refractivity contribution is 6.32. The van der Waals surface area contributed by atoms with Gasteiger partial charge in [0.1, 0.15) is 10.8 Å². The van der Waals surface area contributed by atoms with Gasteiger partial charge >= 0.3 is 0 Å². The zero-order valence-corrected chi connectivity index (χ0v) is 16.1. The van der Waals surface area contributed by atoms with Crippen LogP contribution >= 0.6 is 24.0 Å². The molecule has 1 saturated carbocycles. The van der Waals surface area contributed by atoms with Gasteiger partial charge in [-0.2, -0.15) is 0 Å². The lowest BCUT2D eigenvalue weighted by atomic mass is 9.85. The third-order valence-electron chi connectivity index (χ3n) is 4.89. The fourth-order valence-corrected chi connectivity index (χ4v) is 3.73. The normalized spacial score (nSPS) is 19.4. The Kier molecular flexibility index (Phi) is 5.87. The van der Waals surface area contributed by atoms with Gasteiger partial charge in [-0.1, -0.05) is 30.2 Å². The maximum Gasteiger partial charge on any atom is 0.253 e. The van der Waals surface area contributed by atoms with Gasteiger partial charge in [0, 0.05) is 18.2 Å². The Morgan fingerprint density at radius 3 is 2.89 bits per heavy atom. The van der Waals surface area contributed by atoms with E-state index in [2.05, 4.69) is 15.3 Å². The molecule has 6 nitrogen and oxygen atoms in total. The molecule has 0 aliphatic heterocycles. The number of carbonyl (C=O) groups is 1. The van der Waals surface area contributed by atoms with Gasteiger partial charge in [-0.15, -0.1) is 12.4 Å². The van der Waals surface area contributed by atoms with Crippen LogP contribution in [0.15, 0.2) is 36.5 Å². The van der Waals surface area contributed by atoms with Gasteiger partial charge in [-0.05, 0) is 37.5 Å². The molecule has 0 bridgehead atoms. The van der Waals surface area contributed by atoms with Gasteiger partial charge in [0.25, 0.3) is 5.91 Å². The van der Waals surface area contributed by atoms with Crippen molar-refractivity contribution in [2.75, 3.05) is 0 Å². The predicted molar refractivity (Wildman–Crippen MR) is 107 cm³/mol. The molecule has 4 rings (SSSR count). The van der Waals surface area contributed by atoms with E-state index in [9.17, 15) is 9.90 Å². The van der Waals surface area contributed by atoms with E-state index in [0.29, 0.717) is 11.5 Å². The predicted octanol–water partition coefficient (Wildman–Crippen LogP) is 4.19. The number of aromatic hydroxyl groups is 1. The van der Waals surface area contributed by atoms with Crippen LogP contribution in [-0.4, -0.2) is 32.0 Å². The minimum absolute atomic E-state index is 0. The number of aromatic nitrogens is 3. The second kappa shape index (κ2) is 8.15. The third kappa shape index (κ3) is 4.17. The Balaban J connectivity index is 0.00000210. The van der Waals surface area contributed by atoms with E-state index in [1.54, 1.807) is 0 Å². The summed E-state index contributed by atoms with van der Waals surface area (Å²) in [4.78, 5) is 24.3. The van der Waals surface area contributed by atoms with Gasteiger partial charge in [0.05, 0.1) is 16.6 Å². The second-order valence-electron chi connectivity index (χ2n) is 6.70. The van der Waals surface area contributed by atoms with Crippen LogP contribution < -0.4 is 5.32 Å². The Bertz CT molecular complexity index is 927. The highest BCUT2D eigenvalue weighted by Crippen LogP contribution is 2.32. The summed E-state index contributed by atoms with van der Waals surface area (Å²) in [5.41, 5.74) is 2.36. The van der Waals surface area contributed by atoms with Crippen LogP contribution in [-0.2, 0) is 0 Å². The van der Waals surface area contributed by atoms with Crippen molar-refractivity contribution in [3.63, 3.8) is 0 Å². The first kappa shape index (κ1) is 19.5. The first-order chi connectivity index (χ1) is 12.6. The van der Waals surface area contributed by atoms with E-state index in [1.165, 1.54) is 12.3 Å². The Hall–Kier alpha value is -2.31. The minimum Gasteiger partial charge on any atom is -0.492 e. The molecule has 8 heteroatoms. The number of fused-ring (bicyclic) bond motifs is 1. The number of H-pyrrole nitrogens is 1. The Labute approximate surface area is 167 Å². The van der Waals surface area contributed by atoms with Crippen molar-refractivity contribution in [3.8, 4) is 5.88 Å². The molecule has 2 atom stereocenters. The van der Waals surface area contributed by atoms with E-state index in [-0.39, 0.29) is 35.3 Å². The Morgan fingerprint density at radius 1 is 1.30 bits per heavy atom. The maximum atomic E-state index is 12.4. The largest absolute Gasteiger partial charge is 0.492 e. The smallest absolute Gasteiger partial charge is 0.253 e. The molecule has 142 valence electrons. The number of benzene rings is 1. The number of para-hydroxylation sites is 2. The number of hydrogen-bond acceptors (Lipinski definition) is 4. The van der Waals surface area contributed by atoms with Crippen LogP contribution in [0.4, 0.5) is 0 Å². The molecule has 1 aromatic carbocycles. The molecule has 2 aromatic heterocycles. The lowest BCUT2D eigenvalue weighted by Crippen LogP contribution is -2.38. The molecule has 1 aliphatic carbocycles. The Morgan fingerprint density at radius 2 is 2.11 bits per heavy atom. The number of imidazole rings is 1. The van der Waals surface area contributed by atoms with Crippen LogP contribution in [0.5, 0.6) is 5.88 Å². The number of nitrogens with one attached hydrogen (secondary N) is 2. The second-order valence-corrected chi connectivity index (χ2v) is 7.11. The van der Waals surface area contributed by atoms with Gasteiger partial charge in [-0.3, -0.25) is 4.79 Å². The lowest BCUT2D eigenvalue weighted by molar-refractivity contribution is 0.0924. The standard InChI is InChI=1S/C19H19ClN4O2.ClH/c20-14-9-12(10-21-19(14)26)18(25)22-13-5-3-4-11(8-13)17-23-15-6-1-2-7-16(15)24-17;/h1-2,6-7,9-11,13H,3-5,8H2,(H,21,26)(H,22,25)(H,23,24);1H/t11-,13+;/m0./s1. The molecule has 2 heterocycles. The van der Waals surface area contributed by atoms with Crippen molar-refractivity contribution in [2.45, 2.75) is 37.6 Å². The van der Waals surface area contributed by atoms with Crippen LogP contribution in [0.3, 0.4) is 0 Å². The fourth-order valence-electron chi connectivity index (χ4n) is 3.56. The average Bonchev–Trinajstić information content (AvgIpc) is 3.08. The molecular formula is C19H20Cl2N4O2. The first-order valence-corrected chi connectivity index (χ1v) is 9.08. The van der Waals surface area contributed by atoms with Gasteiger partial charge < -0.3 is 15.4 Å². The SMILES string of the molecule is Cl.O=C(N[C@@H]1CCC[C@H](c2nc3ccccc3[nH]2)C1)c1cnc(O)c(Cl)c1. The molecule has 0 spiro atoms. The van der Waals surface area contributed by atoms with E-state index in [1.807, 2.05) is 24.3 Å². The summed E-state index contributed by atoms with van der Waals surface area (Å²) in [5.74, 6) is 0.781. The van der Waals surface area contributed by atoms with E-state index >= 15 is 0 Å². The van der Waals surface area contributed by atoms with Crippen molar-refractivity contribution in [3.05, 3.63) is 52.9 Å². The molecule has 1 amide bonds. The van der Waals surface area contributed by atoms with E-state index in [0.717, 1.165) is 42.5 Å². The average molecular weight is 407 g/mol. The summed E-state index contributed by atoms with van der Waals surface area (Å²) in [7, 11) is 0. The van der Waals surface area contributed by atoms with Crippen LogP contribution in [0.25, 0.3) is 11.0 Å². The zero-order valence-electron chi connectivity index (χ0n) is 14.5. The van der Waals surface area contributed by atoms with Crippen molar-refractivity contribution < 1.29 is 9.90 Å². The number of pyridine rings is 1. The summed E-state index contributed by atoms with van der Waals surface area (Å²) in [6.45, 7) is 0.